The van der Waals surface area contributed by atoms with Crippen molar-refractivity contribution in [2.24, 2.45) is 5.84 Å². The van der Waals surface area contributed by atoms with Gasteiger partial charge in [0.15, 0.2) is 0 Å². The molecule has 0 radical (unpaired) electrons. The number of nitrogens with two attached hydrogens (primary N) is 1. The molecule has 4 nitrogen and oxygen atoms in total. The van der Waals surface area contributed by atoms with Gasteiger partial charge in [-0.15, -0.1) is 0 Å². The molecule has 2 aromatic rings. The molecule has 0 saturated heterocycles. The number of nitrogens with zero attached hydrogens (tertiary/aromatic N) is 1. The van der Waals surface area contributed by atoms with Crippen molar-refractivity contribution in [2.75, 3.05) is 12.5 Å². The molecule has 0 saturated carbocycles. The average Bonchev–Trinajstić information content (AvgIpc) is 2.29. The quantitative estimate of drug-likeness (QED) is 0.648. The maximum atomic E-state index is 5.30. The fraction of sp³-hybridized carbons (Fsp3) is 0.100. The second-order valence-corrected chi connectivity index (χ2v) is 3.84. The van der Waals surface area contributed by atoms with Gasteiger partial charge in [-0.3, -0.25) is 0 Å². The van der Waals surface area contributed by atoms with Crippen LogP contribution >= 0.6 is 15.9 Å². The number of pyridine rings is 1. The molecule has 3 N–H and O–H groups in total. The van der Waals surface area contributed by atoms with Crippen molar-refractivity contribution in [1.29, 1.82) is 0 Å². The Morgan fingerprint density at radius 2 is 2.13 bits per heavy atom. The first-order chi connectivity index (χ1) is 7.26. The summed E-state index contributed by atoms with van der Waals surface area (Å²) in [6.45, 7) is 0. The number of hydrogen-bond donors (Lipinski definition) is 2. The topological polar surface area (TPSA) is 60.2 Å². The van der Waals surface area contributed by atoms with Crippen molar-refractivity contribution in [3.8, 4) is 5.75 Å². The Kier molecular flexibility index (Phi) is 2.75. The second-order valence-electron chi connectivity index (χ2n) is 2.99. The minimum absolute atomic E-state index is 0.622. The van der Waals surface area contributed by atoms with Crippen LogP contribution in [0, 0.1) is 0 Å². The van der Waals surface area contributed by atoms with Crippen LogP contribution in [0.5, 0.6) is 5.75 Å². The average molecular weight is 268 g/mol. The minimum atomic E-state index is 0.622. The largest absolute Gasteiger partial charge is 0.496 e. The summed E-state index contributed by atoms with van der Waals surface area (Å²) in [5.41, 5.74) is 3.33. The monoisotopic (exact) mass is 267 g/mol. The van der Waals surface area contributed by atoms with E-state index in [0.29, 0.717) is 5.82 Å². The van der Waals surface area contributed by atoms with Crippen LogP contribution in [-0.2, 0) is 0 Å². The minimum Gasteiger partial charge on any atom is -0.496 e. The molecule has 1 aromatic heterocycles. The van der Waals surface area contributed by atoms with Gasteiger partial charge in [0.25, 0.3) is 0 Å². The van der Waals surface area contributed by atoms with Crippen LogP contribution in [0.3, 0.4) is 0 Å². The molecule has 0 aliphatic carbocycles. The zero-order chi connectivity index (χ0) is 10.8. The molecule has 1 aromatic carbocycles. The number of fused-ring (bicyclic) bond motifs is 1. The Bertz CT molecular complexity index is 501. The van der Waals surface area contributed by atoms with Gasteiger partial charge in [-0.2, -0.15) is 0 Å². The van der Waals surface area contributed by atoms with Gasteiger partial charge in [-0.05, 0) is 40.2 Å². The number of nitrogen functional groups attached to an aromatic ring is 1. The van der Waals surface area contributed by atoms with Crippen LogP contribution in [-0.4, -0.2) is 12.1 Å². The Morgan fingerprint density at radius 3 is 2.80 bits per heavy atom. The third-order valence-electron chi connectivity index (χ3n) is 2.14. The number of anilines is 1. The van der Waals surface area contributed by atoms with E-state index in [-0.39, 0.29) is 0 Å². The number of aromatic nitrogens is 1. The van der Waals surface area contributed by atoms with E-state index < -0.39 is 0 Å². The summed E-state index contributed by atoms with van der Waals surface area (Å²) in [6, 6.07) is 7.51. The van der Waals surface area contributed by atoms with E-state index in [1.165, 1.54) is 0 Å². The number of ether oxygens (including phenoxy) is 1. The van der Waals surface area contributed by atoms with E-state index >= 15 is 0 Å². The first-order valence-electron chi connectivity index (χ1n) is 4.36. The van der Waals surface area contributed by atoms with E-state index in [2.05, 4.69) is 26.3 Å². The van der Waals surface area contributed by atoms with Crippen LogP contribution in [0.1, 0.15) is 0 Å². The molecule has 15 heavy (non-hydrogen) atoms. The molecular weight excluding hydrogens is 258 g/mol. The molecule has 0 amide bonds. The van der Waals surface area contributed by atoms with Crippen LogP contribution in [0.2, 0.25) is 0 Å². The molecule has 78 valence electrons. The summed E-state index contributed by atoms with van der Waals surface area (Å²) in [5.74, 6) is 6.72. The molecule has 0 unspecified atom stereocenters. The van der Waals surface area contributed by atoms with Gasteiger partial charge in [-0.1, -0.05) is 0 Å². The summed E-state index contributed by atoms with van der Waals surface area (Å²) in [6.07, 6.45) is 0. The first-order valence-corrected chi connectivity index (χ1v) is 5.15. The van der Waals surface area contributed by atoms with Crippen LogP contribution in [0.25, 0.3) is 10.9 Å². The molecule has 0 bridgehead atoms. The lowest BCUT2D eigenvalue weighted by molar-refractivity contribution is 0.419. The highest BCUT2D eigenvalue weighted by Crippen LogP contribution is 2.30. The normalized spacial score (nSPS) is 10.3. The Labute approximate surface area is 95.5 Å². The molecule has 0 aliphatic rings. The highest BCUT2D eigenvalue weighted by molar-refractivity contribution is 9.10. The summed E-state index contributed by atoms with van der Waals surface area (Å²) < 4.78 is 6.16. The fourth-order valence-electron chi connectivity index (χ4n) is 1.42. The molecule has 0 spiro atoms. The van der Waals surface area contributed by atoms with Gasteiger partial charge in [0, 0.05) is 9.86 Å². The third-order valence-corrected chi connectivity index (χ3v) is 2.78. The Balaban J connectivity index is 2.75. The molecule has 1 heterocycles. The SMILES string of the molecule is COc1ccc(Br)c2nc(NN)ccc12. The standard InChI is InChI=1S/C10H10BrN3O/c1-15-8-4-3-7(11)10-6(8)2-5-9(13-10)14-12/h2-5H,12H2,1H3,(H,13,14). The maximum Gasteiger partial charge on any atom is 0.140 e. The number of methoxy groups -OCH3 is 1. The van der Waals surface area contributed by atoms with Gasteiger partial charge in [0.1, 0.15) is 11.6 Å². The van der Waals surface area contributed by atoms with E-state index in [1.54, 1.807) is 13.2 Å². The van der Waals surface area contributed by atoms with Crippen molar-refractivity contribution in [3.05, 3.63) is 28.7 Å². The summed E-state index contributed by atoms with van der Waals surface area (Å²) in [4.78, 5) is 4.34. The van der Waals surface area contributed by atoms with Crippen LogP contribution < -0.4 is 16.0 Å². The molecule has 0 atom stereocenters. The molecule has 0 fully saturated rings. The highest BCUT2D eigenvalue weighted by Gasteiger charge is 2.06. The Hall–Kier alpha value is -1.33. The van der Waals surface area contributed by atoms with Crippen molar-refractivity contribution >= 4 is 32.7 Å². The van der Waals surface area contributed by atoms with Crippen molar-refractivity contribution < 1.29 is 4.74 Å². The van der Waals surface area contributed by atoms with Gasteiger partial charge in [0.2, 0.25) is 0 Å². The zero-order valence-electron chi connectivity index (χ0n) is 8.12. The van der Waals surface area contributed by atoms with Crippen LogP contribution in [0.4, 0.5) is 5.82 Å². The van der Waals surface area contributed by atoms with E-state index in [0.717, 1.165) is 21.1 Å². The summed E-state index contributed by atoms with van der Waals surface area (Å²) in [7, 11) is 1.64. The third kappa shape index (κ3) is 1.75. The van der Waals surface area contributed by atoms with E-state index in [9.17, 15) is 0 Å². The number of hydrogen-bond acceptors (Lipinski definition) is 4. The molecule has 2 rings (SSSR count). The zero-order valence-corrected chi connectivity index (χ0v) is 9.71. The van der Waals surface area contributed by atoms with Crippen molar-refractivity contribution in [2.45, 2.75) is 0 Å². The Morgan fingerprint density at radius 1 is 1.33 bits per heavy atom. The summed E-state index contributed by atoms with van der Waals surface area (Å²) >= 11 is 3.44. The van der Waals surface area contributed by atoms with Gasteiger partial charge < -0.3 is 10.2 Å². The number of hydrazine groups is 1. The predicted octanol–water partition coefficient (Wildman–Crippen LogP) is 2.29. The lowest BCUT2D eigenvalue weighted by atomic mass is 10.2. The maximum absolute atomic E-state index is 5.30. The second kappa shape index (κ2) is 4.04. The van der Waals surface area contributed by atoms with Crippen molar-refractivity contribution in [1.82, 2.24) is 4.98 Å². The van der Waals surface area contributed by atoms with E-state index in [4.69, 9.17) is 10.6 Å². The summed E-state index contributed by atoms with van der Waals surface area (Å²) in [5, 5.41) is 0.950. The number of rotatable bonds is 2. The smallest absolute Gasteiger partial charge is 0.140 e. The lowest BCUT2D eigenvalue weighted by Crippen LogP contribution is -2.08. The molecule has 5 heteroatoms. The van der Waals surface area contributed by atoms with Gasteiger partial charge >= 0.3 is 0 Å². The van der Waals surface area contributed by atoms with Crippen LogP contribution in [0.15, 0.2) is 28.7 Å². The molecular formula is C10H10BrN3O. The highest BCUT2D eigenvalue weighted by atomic mass is 79.9. The van der Waals surface area contributed by atoms with Gasteiger partial charge in [0.05, 0.1) is 12.6 Å². The molecule has 0 aliphatic heterocycles. The lowest BCUT2D eigenvalue weighted by Gasteiger charge is -2.07. The van der Waals surface area contributed by atoms with Crippen molar-refractivity contribution in [3.63, 3.8) is 0 Å². The number of benzene rings is 1. The first kappa shape index (κ1) is 10.2. The van der Waals surface area contributed by atoms with E-state index in [1.807, 2.05) is 18.2 Å². The number of nitrogens with one attached hydrogen (secondary N) is 1. The number of halogens is 1. The van der Waals surface area contributed by atoms with Gasteiger partial charge in [-0.25, -0.2) is 10.8 Å². The predicted molar refractivity (Wildman–Crippen MR) is 63.8 cm³/mol. The fourth-order valence-corrected chi connectivity index (χ4v) is 1.85.